The van der Waals surface area contributed by atoms with E-state index in [0.29, 0.717) is 5.92 Å². The minimum Gasteiger partial charge on any atom is -0.377 e. The molecular weight excluding hydrogens is 462 g/mol. The molecule has 3 aliphatic rings. The monoisotopic (exact) mass is 493 g/mol. The summed E-state index contributed by atoms with van der Waals surface area (Å²) >= 11 is 3.65. The molecule has 2 saturated heterocycles. The molecule has 2 aromatic carbocycles. The maximum Gasteiger partial charge on any atom is 0.0896 e. The van der Waals surface area contributed by atoms with Crippen LogP contribution in [0.15, 0.2) is 47.1 Å². The average Bonchev–Trinajstić information content (AvgIpc) is 3.47. The molecular formula is C27H32BrN3O. The van der Waals surface area contributed by atoms with Crippen LogP contribution in [0, 0.1) is 5.92 Å². The van der Waals surface area contributed by atoms with Gasteiger partial charge in [0.15, 0.2) is 0 Å². The number of aromatic nitrogens is 1. The first-order chi connectivity index (χ1) is 15.8. The van der Waals surface area contributed by atoms with Crippen molar-refractivity contribution in [3.05, 3.63) is 63.8 Å². The SMILES string of the molecule is Brc1ccc2[nH]cc(C3Nc4ccc(CCCN5CCCCC5)cc4[C@H]4OCC[C@@H]34)c2c1. The van der Waals surface area contributed by atoms with E-state index in [1.807, 2.05) is 0 Å². The predicted octanol–water partition coefficient (Wildman–Crippen LogP) is 6.59. The number of anilines is 1. The van der Waals surface area contributed by atoms with Gasteiger partial charge in [0.1, 0.15) is 0 Å². The Hall–Kier alpha value is -1.82. The number of aryl methyl sites for hydroxylation is 1. The fourth-order valence-electron chi connectivity index (χ4n) is 6.05. The number of nitrogens with one attached hydrogen (secondary N) is 2. The van der Waals surface area contributed by atoms with Crippen molar-refractivity contribution >= 4 is 32.5 Å². The quantitative estimate of drug-likeness (QED) is 0.420. The van der Waals surface area contributed by atoms with Crippen LogP contribution >= 0.6 is 15.9 Å². The van der Waals surface area contributed by atoms with Crippen LogP contribution in [0.1, 0.15) is 60.9 Å². The van der Waals surface area contributed by atoms with Crippen LogP contribution in [0.3, 0.4) is 0 Å². The number of aromatic amines is 1. The molecule has 3 atom stereocenters. The highest BCUT2D eigenvalue weighted by atomic mass is 79.9. The Kier molecular flexibility index (Phi) is 5.74. The zero-order valence-corrected chi connectivity index (χ0v) is 20.2. The molecule has 0 amide bonds. The topological polar surface area (TPSA) is 40.3 Å². The van der Waals surface area contributed by atoms with Crippen LogP contribution in [0.2, 0.25) is 0 Å². The van der Waals surface area contributed by atoms with Crippen LogP contribution in [-0.2, 0) is 11.2 Å². The largest absolute Gasteiger partial charge is 0.377 e. The molecule has 1 aromatic heterocycles. The number of halogens is 1. The maximum absolute atomic E-state index is 6.33. The van der Waals surface area contributed by atoms with E-state index in [1.54, 1.807) is 0 Å². The van der Waals surface area contributed by atoms with Gasteiger partial charge in [0.2, 0.25) is 0 Å². The van der Waals surface area contributed by atoms with E-state index in [2.05, 4.69) is 73.7 Å². The lowest BCUT2D eigenvalue weighted by molar-refractivity contribution is 0.0830. The van der Waals surface area contributed by atoms with E-state index in [4.69, 9.17) is 4.74 Å². The zero-order chi connectivity index (χ0) is 21.5. The molecule has 0 saturated carbocycles. The van der Waals surface area contributed by atoms with Crippen LogP contribution < -0.4 is 5.32 Å². The molecule has 4 nitrogen and oxygen atoms in total. The zero-order valence-electron chi connectivity index (χ0n) is 18.6. The minimum atomic E-state index is 0.190. The normalized spacial score (nSPS) is 25.5. The van der Waals surface area contributed by atoms with Gasteiger partial charge in [-0.1, -0.05) is 34.5 Å². The number of likely N-dealkylation sites (tertiary alicyclic amines) is 1. The van der Waals surface area contributed by atoms with Gasteiger partial charge in [-0.2, -0.15) is 0 Å². The smallest absolute Gasteiger partial charge is 0.0896 e. The highest BCUT2D eigenvalue weighted by Crippen LogP contribution is 2.51. The van der Waals surface area contributed by atoms with Crippen molar-refractivity contribution in [1.82, 2.24) is 9.88 Å². The predicted molar refractivity (Wildman–Crippen MR) is 134 cm³/mol. The van der Waals surface area contributed by atoms with E-state index in [1.165, 1.54) is 78.6 Å². The second kappa shape index (κ2) is 8.85. The van der Waals surface area contributed by atoms with Gasteiger partial charge in [-0.15, -0.1) is 0 Å². The van der Waals surface area contributed by atoms with Gasteiger partial charge in [-0.05, 0) is 81.6 Å². The van der Waals surface area contributed by atoms with Crippen molar-refractivity contribution in [2.45, 2.75) is 50.7 Å². The summed E-state index contributed by atoms with van der Waals surface area (Å²) in [6, 6.07) is 13.8. The van der Waals surface area contributed by atoms with E-state index < -0.39 is 0 Å². The molecule has 2 fully saturated rings. The minimum absolute atomic E-state index is 0.190. The number of nitrogens with zero attached hydrogens (tertiary/aromatic N) is 1. The fraction of sp³-hybridized carbons (Fsp3) is 0.481. The lowest BCUT2D eigenvalue weighted by Gasteiger charge is -2.36. The van der Waals surface area contributed by atoms with Gasteiger partial charge < -0.3 is 19.9 Å². The summed E-state index contributed by atoms with van der Waals surface area (Å²) in [5.74, 6) is 0.462. The first-order valence-corrected chi connectivity index (χ1v) is 13.1. The third kappa shape index (κ3) is 3.89. The van der Waals surface area contributed by atoms with E-state index >= 15 is 0 Å². The summed E-state index contributed by atoms with van der Waals surface area (Å²) in [5.41, 5.74) is 6.59. The van der Waals surface area contributed by atoms with Crippen LogP contribution in [-0.4, -0.2) is 36.1 Å². The second-order valence-electron chi connectivity index (χ2n) is 9.73. The lowest BCUT2D eigenvalue weighted by atomic mass is 9.80. The lowest BCUT2D eigenvalue weighted by Crippen LogP contribution is -2.30. The van der Waals surface area contributed by atoms with Crippen molar-refractivity contribution < 1.29 is 4.74 Å². The first-order valence-electron chi connectivity index (χ1n) is 12.3. The van der Waals surface area contributed by atoms with Gasteiger partial charge in [-0.3, -0.25) is 0 Å². The molecule has 168 valence electrons. The van der Waals surface area contributed by atoms with Gasteiger partial charge in [0.05, 0.1) is 12.1 Å². The third-order valence-corrected chi connectivity index (χ3v) is 8.19. The number of benzene rings is 2. The molecule has 3 aromatic rings. The summed E-state index contributed by atoms with van der Waals surface area (Å²) < 4.78 is 7.46. The summed E-state index contributed by atoms with van der Waals surface area (Å²) in [4.78, 5) is 6.11. The molecule has 1 unspecified atom stereocenters. The number of fused-ring (bicyclic) bond motifs is 4. The number of hydrogen-bond donors (Lipinski definition) is 2. The maximum atomic E-state index is 6.33. The number of hydrogen-bond acceptors (Lipinski definition) is 3. The Labute approximate surface area is 198 Å². The van der Waals surface area contributed by atoms with Crippen LogP contribution in [0.25, 0.3) is 10.9 Å². The Balaban J connectivity index is 1.23. The Morgan fingerprint density at radius 3 is 2.84 bits per heavy atom. The highest BCUT2D eigenvalue weighted by Gasteiger charge is 2.42. The molecule has 2 N–H and O–H groups in total. The van der Waals surface area contributed by atoms with Gasteiger partial charge in [0.25, 0.3) is 0 Å². The molecule has 6 rings (SSSR count). The molecule has 32 heavy (non-hydrogen) atoms. The van der Waals surface area contributed by atoms with Crippen LogP contribution in [0.4, 0.5) is 5.69 Å². The molecule has 0 spiro atoms. The van der Waals surface area contributed by atoms with E-state index in [-0.39, 0.29) is 12.1 Å². The van der Waals surface area contributed by atoms with E-state index in [9.17, 15) is 0 Å². The fourth-order valence-corrected chi connectivity index (χ4v) is 6.41. The first kappa shape index (κ1) is 20.8. The number of ether oxygens (including phenoxy) is 1. The van der Waals surface area contributed by atoms with Crippen molar-refractivity contribution in [1.29, 1.82) is 0 Å². The molecule has 0 bridgehead atoms. The molecule has 0 aliphatic carbocycles. The third-order valence-electron chi connectivity index (χ3n) is 7.70. The summed E-state index contributed by atoms with van der Waals surface area (Å²) in [6.45, 7) is 4.66. The second-order valence-corrected chi connectivity index (χ2v) is 10.6. The van der Waals surface area contributed by atoms with Crippen LogP contribution in [0.5, 0.6) is 0 Å². The molecule has 0 radical (unpaired) electrons. The molecule has 5 heteroatoms. The summed E-state index contributed by atoms with van der Waals surface area (Å²) in [5, 5.41) is 5.19. The average molecular weight is 494 g/mol. The Bertz CT molecular complexity index is 1100. The number of piperidine rings is 1. The Morgan fingerprint density at radius 2 is 1.94 bits per heavy atom. The van der Waals surface area contributed by atoms with Crippen molar-refractivity contribution in [3.63, 3.8) is 0 Å². The van der Waals surface area contributed by atoms with Gasteiger partial charge in [0, 0.05) is 50.9 Å². The van der Waals surface area contributed by atoms with Crippen molar-refractivity contribution in [2.75, 3.05) is 31.6 Å². The summed E-state index contributed by atoms with van der Waals surface area (Å²) in [7, 11) is 0. The standard InChI is InChI=1S/C27H32BrN3O/c28-19-7-9-24-21(16-19)23(17-29-24)26-20-10-14-32-27(20)22-15-18(6-8-25(22)30-26)5-4-13-31-11-2-1-3-12-31/h6-9,15-17,20,26-27,29-30H,1-5,10-14H2/t20-,26?,27-/m0/s1. The summed E-state index contributed by atoms with van der Waals surface area (Å²) in [6.07, 6.45) is 10.0. The molecule has 3 aliphatic heterocycles. The highest BCUT2D eigenvalue weighted by molar-refractivity contribution is 9.10. The Morgan fingerprint density at radius 1 is 1.03 bits per heavy atom. The van der Waals surface area contributed by atoms with Gasteiger partial charge in [-0.25, -0.2) is 0 Å². The molecule has 4 heterocycles. The van der Waals surface area contributed by atoms with Crippen molar-refractivity contribution in [3.8, 4) is 0 Å². The van der Waals surface area contributed by atoms with E-state index in [0.717, 1.165) is 23.9 Å². The number of H-pyrrole nitrogens is 1. The van der Waals surface area contributed by atoms with Gasteiger partial charge >= 0.3 is 0 Å². The number of rotatable bonds is 5. The van der Waals surface area contributed by atoms with Crippen molar-refractivity contribution in [2.24, 2.45) is 5.92 Å².